The monoisotopic (exact) mass is 496 g/mol. The van der Waals surface area contributed by atoms with E-state index in [1.807, 2.05) is 46.0 Å². The third-order valence-corrected chi connectivity index (χ3v) is 8.64. The van der Waals surface area contributed by atoms with Crippen molar-refractivity contribution in [3.05, 3.63) is 84.0 Å². The number of furan rings is 1. The highest BCUT2D eigenvalue weighted by Crippen LogP contribution is 2.37. The molecule has 0 saturated carbocycles. The predicted octanol–water partition coefficient (Wildman–Crippen LogP) is 8.19. The first-order chi connectivity index (χ1) is 18.5. The van der Waals surface area contributed by atoms with Crippen LogP contribution in [0.3, 0.4) is 0 Å². The van der Waals surface area contributed by atoms with Crippen LogP contribution in [0.4, 0.5) is 0 Å². The summed E-state index contributed by atoms with van der Waals surface area (Å²) in [4.78, 5) is 0. The zero-order valence-corrected chi connectivity index (χ0v) is 23.6. The lowest BCUT2D eigenvalue weighted by Gasteiger charge is -2.21. The second-order valence-electron chi connectivity index (χ2n) is 11.9. The summed E-state index contributed by atoms with van der Waals surface area (Å²) in [6.07, 6.45) is 0.486. The molecular formula is C33H38NOSi+. The number of aryl methyl sites for hydroxylation is 2. The molecule has 2 heterocycles. The second-order valence-corrected chi connectivity index (χ2v) is 16.9. The SMILES string of the molecule is [2H]c1cc(C([2H])([2H])C(C)(C)C)cc([2H])c1-c1cc(-c2c(C)ccc3c2oc2ccccc23)[n+](C)cc1[Si](C)(C)C. The van der Waals surface area contributed by atoms with Crippen LogP contribution < -0.4 is 9.75 Å². The number of hydrogen-bond acceptors (Lipinski definition) is 1. The average Bonchev–Trinajstić information content (AvgIpc) is 3.21. The largest absolute Gasteiger partial charge is 0.455 e. The van der Waals surface area contributed by atoms with E-state index in [0.717, 1.165) is 49.5 Å². The Balaban J connectivity index is 1.82. The molecule has 5 rings (SSSR count). The highest BCUT2D eigenvalue weighted by Gasteiger charge is 2.28. The fourth-order valence-corrected chi connectivity index (χ4v) is 6.54. The predicted molar refractivity (Wildman–Crippen MR) is 157 cm³/mol. The topological polar surface area (TPSA) is 17.0 Å². The normalized spacial score (nSPS) is 14.6. The van der Waals surface area contributed by atoms with Crippen molar-refractivity contribution in [2.24, 2.45) is 12.5 Å². The van der Waals surface area contributed by atoms with Crippen molar-refractivity contribution in [3.8, 4) is 22.4 Å². The van der Waals surface area contributed by atoms with E-state index in [0.29, 0.717) is 11.1 Å². The lowest BCUT2D eigenvalue weighted by Crippen LogP contribution is -2.46. The van der Waals surface area contributed by atoms with Crippen LogP contribution in [0, 0.1) is 12.3 Å². The van der Waals surface area contributed by atoms with Gasteiger partial charge in [-0.2, -0.15) is 0 Å². The first-order valence-corrected chi connectivity index (χ1v) is 16.1. The molecule has 3 heteroatoms. The maximum atomic E-state index is 9.05. The molecule has 0 N–H and O–H groups in total. The van der Waals surface area contributed by atoms with Crippen LogP contribution in [0.1, 0.15) is 37.4 Å². The Morgan fingerprint density at radius 2 is 1.67 bits per heavy atom. The van der Waals surface area contributed by atoms with Gasteiger partial charge in [-0.15, -0.1) is 0 Å². The fraction of sp³-hybridized carbons (Fsp3) is 0.303. The maximum Gasteiger partial charge on any atom is 0.216 e. The molecule has 0 aliphatic carbocycles. The third-order valence-electron chi connectivity index (χ3n) is 6.63. The van der Waals surface area contributed by atoms with Gasteiger partial charge in [0.1, 0.15) is 18.2 Å². The van der Waals surface area contributed by atoms with E-state index in [-0.39, 0.29) is 12.1 Å². The number of aromatic nitrogens is 1. The van der Waals surface area contributed by atoms with Gasteiger partial charge >= 0.3 is 0 Å². The van der Waals surface area contributed by atoms with E-state index >= 15 is 0 Å². The summed E-state index contributed by atoms with van der Waals surface area (Å²) in [6, 6.07) is 18.0. The minimum absolute atomic E-state index is 0.175. The number of benzene rings is 3. The van der Waals surface area contributed by atoms with Crippen LogP contribution in [-0.4, -0.2) is 8.07 Å². The minimum Gasteiger partial charge on any atom is -0.455 e. The van der Waals surface area contributed by atoms with Gasteiger partial charge in [0.05, 0.1) is 16.4 Å². The summed E-state index contributed by atoms with van der Waals surface area (Å²) >= 11 is 0. The summed E-state index contributed by atoms with van der Waals surface area (Å²) < 4.78 is 44.2. The van der Waals surface area contributed by atoms with Crippen LogP contribution in [0.25, 0.3) is 44.3 Å². The molecule has 0 atom stereocenters. The molecule has 3 aromatic carbocycles. The lowest BCUT2D eigenvalue weighted by molar-refractivity contribution is -0.659. The van der Waals surface area contributed by atoms with E-state index in [1.54, 1.807) is 12.1 Å². The van der Waals surface area contributed by atoms with Crippen molar-refractivity contribution in [2.75, 3.05) is 0 Å². The molecule has 0 aliphatic rings. The van der Waals surface area contributed by atoms with Gasteiger partial charge in [-0.1, -0.05) is 95.0 Å². The van der Waals surface area contributed by atoms with Gasteiger partial charge < -0.3 is 4.42 Å². The molecule has 0 radical (unpaired) electrons. The molecule has 5 aromatic rings. The van der Waals surface area contributed by atoms with Gasteiger partial charge in [0, 0.05) is 24.8 Å². The Kier molecular flexibility index (Phi) is 4.84. The van der Waals surface area contributed by atoms with Crippen LogP contribution in [0.5, 0.6) is 0 Å². The number of fused-ring (bicyclic) bond motifs is 3. The van der Waals surface area contributed by atoms with Crippen molar-refractivity contribution in [1.82, 2.24) is 0 Å². The summed E-state index contributed by atoms with van der Waals surface area (Å²) in [6.45, 7) is 14.5. The Morgan fingerprint density at radius 3 is 2.33 bits per heavy atom. The summed E-state index contributed by atoms with van der Waals surface area (Å²) in [7, 11) is 0.129. The van der Waals surface area contributed by atoms with E-state index in [1.165, 1.54) is 0 Å². The number of hydrogen-bond donors (Lipinski definition) is 0. The molecule has 0 fully saturated rings. The molecule has 0 saturated heterocycles. The zero-order valence-electron chi connectivity index (χ0n) is 26.6. The van der Waals surface area contributed by atoms with Gasteiger partial charge in [0.15, 0.2) is 6.20 Å². The molecule has 0 spiro atoms. The Hall–Kier alpha value is -3.17. The van der Waals surface area contributed by atoms with Crippen molar-refractivity contribution in [1.29, 1.82) is 0 Å². The molecule has 2 aromatic heterocycles. The van der Waals surface area contributed by atoms with Crippen LogP contribution >= 0.6 is 0 Å². The summed E-state index contributed by atoms with van der Waals surface area (Å²) in [5.74, 6) is 0. The van der Waals surface area contributed by atoms with Gasteiger partial charge in [-0.3, -0.25) is 0 Å². The fourth-order valence-electron chi connectivity index (χ4n) is 4.95. The van der Waals surface area contributed by atoms with E-state index in [4.69, 9.17) is 9.90 Å². The molecule has 0 aliphatic heterocycles. The van der Waals surface area contributed by atoms with E-state index < -0.39 is 19.9 Å². The molecule has 0 unspecified atom stereocenters. The lowest BCUT2D eigenvalue weighted by atomic mass is 9.87. The quantitative estimate of drug-likeness (QED) is 0.181. The van der Waals surface area contributed by atoms with Gasteiger partial charge in [0.25, 0.3) is 0 Å². The first kappa shape index (κ1) is 19.9. The van der Waals surface area contributed by atoms with Gasteiger partial charge in [-0.05, 0) is 47.0 Å². The molecule has 184 valence electrons. The summed E-state index contributed by atoms with van der Waals surface area (Å²) in [5, 5.41) is 3.29. The van der Waals surface area contributed by atoms with Gasteiger partial charge in [0.2, 0.25) is 5.69 Å². The third kappa shape index (κ3) is 4.53. The second kappa shape index (κ2) is 8.74. The zero-order chi connectivity index (χ0) is 29.4. The van der Waals surface area contributed by atoms with Crippen LogP contribution in [-0.2, 0) is 13.4 Å². The Labute approximate surface area is 222 Å². The number of nitrogens with zero attached hydrogens (tertiary/aromatic N) is 1. The molecular weight excluding hydrogens is 454 g/mol. The van der Waals surface area contributed by atoms with Crippen molar-refractivity contribution < 1.29 is 14.5 Å². The van der Waals surface area contributed by atoms with E-state index in [2.05, 4.69) is 61.6 Å². The Morgan fingerprint density at radius 1 is 0.972 bits per heavy atom. The van der Waals surface area contributed by atoms with Gasteiger partial charge in [-0.25, -0.2) is 4.57 Å². The highest BCUT2D eigenvalue weighted by atomic mass is 28.3. The van der Waals surface area contributed by atoms with Crippen LogP contribution in [0.15, 0.2) is 77.3 Å². The number of para-hydroxylation sites is 1. The average molecular weight is 497 g/mol. The van der Waals surface area contributed by atoms with Crippen molar-refractivity contribution in [2.45, 2.75) is 53.7 Å². The molecule has 2 nitrogen and oxygen atoms in total. The standard InChI is InChI=1S/C33H38NOSi/c1-22-13-18-26-25-11-9-10-12-29(25)35-32(26)31(22)28-19-27(30(21-34(28)5)36(6,7)8)24-16-14-23(15-17-24)20-33(2,3)4/h9-19,21H,20H2,1-8H3/q+1/i16D,17D,20D2. The number of rotatable bonds is 4. The van der Waals surface area contributed by atoms with Crippen molar-refractivity contribution in [3.63, 3.8) is 0 Å². The van der Waals surface area contributed by atoms with E-state index in [9.17, 15) is 0 Å². The molecule has 36 heavy (non-hydrogen) atoms. The minimum atomic E-state index is -1.92. The molecule has 0 amide bonds. The smallest absolute Gasteiger partial charge is 0.216 e. The molecule has 0 bridgehead atoms. The first-order valence-electron chi connectivity index (χ1n) is 14.6. The maximum absolute atomic E-state index is 9.05. The van der Waals surface area contributed by atoms with Crippen molar-refractivity contribution >= 4 is 35.2 Å². The highest BCUT2D eigenvalue weighted by molar-refractivity contribution is 6.89. The Bertz CT molecular complexity index is 1770. The summed E-state index contributed by atoms with van der Waals surface area (Å²) in [5.41, 5.74) is 5.82. The van der Waals surface area contributed by atoms with Crippen LogP contribution in [0.2, 0.25) is 19.6 Å². The number of pyridine rings is 1.